The second-order valence-electron chi connectivity index (χ2n) is 5.45. The van der Waals surface area contributed by atoms with Crippen LogP contribution < -0.4 is 0 Å². The van der Waals surface area contributed by atoms with Gasteiger partial charge in [-0.25, -0.2) is 0 Å². The normalized spacial score (nSPS) is 12.0. The second-order valence-corrected chi connectivity index (χ2v) is 19.1. The first-order valence-corrected chi connectivity index (χ1v) is 15.9. The predicted octanol–water partition coefficient (Wildman–Crippen LogP) is 5.41. The summed E-state index contributed by atoms with van der Waals surface area (Å²) >= 11 is -1.91. The number of hydrogen-bond acceptors (Lipinski definition) is 1. The quantitative estimate of drug-likeness (QED) is 0.428. The van der Waals surface area contributed by atoms with Gasteiger partial charge in [-0.1, -0.05) is 0 Å². The molecule has 0 atom stereocenters. The number of unbranched alkanes of at least 4 members (excludes halogenated alkanes) is 3. The van der Waals surface area contributed by atoms with Gasteiger partial charge in [0.1, 0.15) is 0 Å². The van der Waals surface area contributed by atoms with Crippen LogP contribution in [0.5, 0.6) is 0 Å². The minimum atomic E-state index is -1.91. The standard InChI is InChI=1S/3C4H9.C3H7O.Sn/c4*1-3-4-2;/h3*1,3-4H2,2H3;2-3H2,1H3;. The third-order valence-electron chi connectivity index (χ3n) is 3.79. The van der Waals surface area contributed by atoms with Crippen molar-refractivity contribution in [2.45, 2.75) is 79.5 Å². The van der Waals surface area contributed by atoms with Crippen LogP contribution in [-0.4, -0.2) is 29.6 Å². The Morgan fingerprint density at radius 1 is 0.706 bits per heavy atom. The molecule has 0 spiro atoms. The van der Waals surface area contributed by atoms with Gasteiger partial charge in [0.15, 0.2) is 0 Å². The zero-order valence-corrected chi connectivity index (χ0v) is 15.5. The molecule has 0 aromatic rings. The van der Waals surface area contributed by atoms with E-state index in [0.717, 1.165) is 6.61 Å². The van der Waals surface area contributed by atoms with E-state index in [2.05, 4.69) is 27.7 Å². The first-order chi connectivity index (χ1) is 8.24. The van der Waals surface area contributed by atoms with E-state index in [-0.39, 0.29) is 0 Å². The van der Waals surface area contributed by atoms with Crippen LogP contribution in [0, 0.1) is 0 Å². The molecule has 0 saturated carbocycles. The van der Waals surface area contributed by atoms with Crippen molar-refractivity contribution in [1.82, 2.24) is 0 Å². The Balaban J connectivity index is 4.39. The SMILES string of the molecule is CCC[CH2][Sn]([CH2]CCC)([CH2]CCC)[CH2]OCC. The molecule has 0 N–H and O–H groups in total. The molecular formula is C15H34OSn. The third-order valence-corrected chi connectivity index (χ3v) is 18.2. The van der Waals surface area contributed by atoms with E-state index in [4.69, 9.17) is 4.74 Å². The van der Waals surface area contributed by atoms with Crippen molar-refractivity contribution < 1.29 is 4.74 Å². The molecule has 0 amide bonds. The Morgan fingerprint density at radius 3 is 1.41 bits per heavy atom. The maximum absolute atomic E-state index is 5.88. The molecule has 0 radical (unpaired) electrons. The summed E-state index contributed by atoms with van der Waals surface area (Å²) in [6, 6.07) is 0. The Labute approximate surface area is 114 Å². The summed E-state index contributed by atoms with van der Waals surface area (Å²) in [6.45, 7) is 10.1. The van der Waals surface area contributed by atoms with E-state index >= 15 is 0 Å². The maximum atomic E-state index is 5.88. The van der Waals surface area contributed by atoms with Crippen molar-refractivity contribution in [3.05, 3.63) is 0 Å². The molecule has 0 heterocycles. The van der Waals surface area contributed by atoms with Crippen LogP contribution in [0.1, 0.15) is 66.2 Å². The van der Waals surface area contributed by atoms with Crippen molar-refractivity contribution in [1.29, 1.82) is 0 Å². The molecule has 104 valence electrons. The fourth-order valence-electron chi connectivity index (χ4n) is 2.57. The Morgan fingerprint density at radius 2 is 1.12 bits per heavy atom. The minimum absolute atomic E-state index is 0.920. The van der Waals surface area contributed by atoms with Gasteiger partial charge in [-0.2, -0.15) is 0 Å². The van der Waals surface area contributed by atoms with Gasteiger partial charge >= 0.3 is 114 Å². The van der Waals surface area contributed by atoms with Crippen LogP contribution in [0.3, 0.4) is 0 Å². The van der Waals surface area contributed by atoms with Crippen LogP contribution >= 0.6 is 0 Å². The van der Waals surface area contributed by atoms with Crippen molar-refractivity contribution in [3.63, 3.8) is 0 Å². The zero-order valence-electron chi connectivity index (χ0n) is 12.7. The van der Waals surface area contributed by atoms with Crippen molar-refractivity contribution >= 4 is 18.4 Å². The molecule has 17 heavy (non-hydrogen) atoms. The summed E-state index contributed by atoms with van der Waals surface area (Å²) in [5, 5.41) is 0. The van der Waals surface area contributed by atoms with Gasteiger partial charge in [-0.3, -0.25) is 0 Å². The van der Waals surface area contributed by atoms with E-state index in [1.54, 1.807) is 13.3 Å². The van der Waals surface area contributed by atoms with E-state index in [1.165, 1.54) is 43.1 Å². The van der Waals surface area contributed by atoms with Crippen LogP contribution in [0.2, 0.25) is 13.3 Å². The molecule has 0 aliphatic rings. The van der Waals surface area contributed by atoms with E-state index in [0.29, 0.717) is 0 Å². The summed E-state index contributed by atoms with van der Waals surface area (Å²) in [6.07, 6.45) is 8.46. The second kappa shape index (κ2) is 11.8. The molecule has 0 aliphatic heterocycles. The fraction of sp³-hybridized carbons (Fsp3) is 1.00. The van der Waals surface area contributed by atoms with Gasteiger partial charge < -0.3 is 0 Å². The monoisotopic (exact) mass is 350 g/mol. The van der Waals surface area contributed by atoms with E-state index in [1.807, 2.05) is 0 Å². The molecule has 0 rings (SSSR count). The molecule has 2 heteroatoms. The summed E-state index contributed by atoms with van der Waals surface area (Å²) in [4.78, 5) is 0. The van der Waals surface area contributed by atoms with Crippen LogP contribution in [0.15, 0.2) is 0 Å². The third kappa shape index (κ3) is 8.47. The number of rotatable bonds is 12. The summed E-state index contributed by atoms with van der Waals surface area (Å²) in [5.41, 5.74) is 0. The Kier molecular flexibility index (Phi) is 12.4. The van der Waals surface area contributed by atoms with E-state index < -0.39 is 18.4 Å². The number of hydrogen-bond donors (Lipinski definition) is 0. The molecule has 0 aliphatic carbocycles. The molecule has 0 unspecified atom stereocenters. The van der Waals surface area contributed by atoms with Gasteiger partial charge in [0, 0.05) is 0 Å². The molecule has 0 aromatic heterocycles. The zero-order chi connectivity index (χ0) is 13.0. The van der Waals surface area contributed by atoms with Crippen molar-refractivity contribution in [3.8, 4) is 0 Å². The molecule has 0 aromatic carbocycles. The van der Waals surface area contributed by atoms with Crippen LogP contribution in [0.4, 0.5) is 0 Å². The molecule has 0 fully saturated rings. The summed E-state index contributed by atoms with van der Waals surface area (Å²) < 4.78 is 11.8. The van der Waals surface area contributed by atoms with Gasteiger partial charge in [0.2, 0.25) is 0 Å². The van der Waals surface area contributed by atoms with Gasteiger partial charge in [0.05, 0.1) is 0 Å². The first kappa shape index (κ1) is 17.8. The average Bonchev–Trinajstić information content (AvgIpc) is 2.37. The molecule has 0 bridgehead atoms. The Bertz CT molecular complexity index is 121. The van der Waals surface area contributed by atoms with Gasteiger partial charge in [0.25, 0.3) is 0 Å². The van der Waals surface area contributed by atoms with Gasteiger partial charge in [-0.05, 0) is 0 Å². The van der Waals surface area contributed by atoms with Crippen LogP contribution in [0.25, 0.3) is 0 Å². The summed E-state index contributed by atoms with van der Waals surface area (Å²) in [5.74, 6) is 0. The first-order valence-electron chi connectivity index (χ1n) is 7.82. The average molecular weight is 349 g/mol. The molecule has 0 saturated heterocycles. The number of ether oxygens (including phenoxy) is 1. The van der Waals surface area contributed by atoms with E-state index in [9.17, 15) is 0 Å². The summed E-state index contributed by atoms with van der Waals surface area (Å²) in [7, 11) is 0. The topological polar surface area (TPSA) is 9.23 Å². The fourth-order valence-corrected chi connectivity index (χ4v) is 17.2. The van der Waals surface area contributed by atoms with Gasteiger partial charge in [-0.15, -0.1) is 0 Å². The molecular weight excluding hydrogens is 315 g/mol. The van der Waals surface area contributed by atoms with Crippen molar-refractivity contribution in [2.75, 3.05) is 11.2 Å². The van der Waals surface area contributed by atoms with Crippen LogP contribution in [-0.2, 0) is 4.74 Å². The van der Waals surface area contributed by atoms with Crippen molar-refractivity contribution in [2.24, 2.45) is 0 Å². The molecule has 1 nitrogen and oxygen atoms in total. The Hall–Kier alpha value is 0.759. The predicted molar refractivity (Wildman–Crippen MR) is 81.4 cm³/mol.